The molecule has 3 nitrogen and oxygen atoms in total. The monoisotopic (exact) mass is 288 g/mol. The lowest BCUT2D eigenvalue weighted by Gasteiger charge is -2.16. The Balaban J connectivity index is 2.80. The van der Waals surface area contributed by atoms with Gasteiger partial charge >= 0.3 is 0 Å². The Hall–Kier alpha value is -0.940. The molecule has 1 unspecified atom stereocenters. The van der Waals surface area contributed by atoms with E-state index in [1.807, 2.05) is 13.8 Å². The fourth-order valence-corrected chi connectivity index (χ4v) is 1.46. The van der Waals surface area contributed by atoms with Gasteiger partial charge in [-0.15, -0.1) is 0 Å². The van der Waals surface area contributed by atoms with E-state index in [1.165, 1.54) is 18.2 Å². The largest absolute Gasteiger partial charge is 0.324 e. The molecule has 88 valence electrons. The smallest absolute Gasteiger partial charge is 0.241 e. The predicted octanol–water partition coefficient (Wildman–Crippen LogP) is 2.51. The summed E-state index contributed by atoms with van der Waals surface area (Å²) < 4.78 is 13.6. The lowest BCUT2D eigenvalue weighted by atomic mass is 10.1. The highest BCUT2D eigenvalue weighted by atomic mass is 79.9. The van der Waals surface area contributed by atoms with E-state index >= 15 is 0 Å². The van der Waals surface area contributed by atoms with Crippen molar-refractivity contribution in [3.05, 3.63) is 28.5 Å². The van der Waals surface area contributed by atoms with E-state index in [0.29, 0.717) is 10.2 Å². The van der Waals surface area contributed by atoms with Crippen LogP contribution in [0.1, 0.15) is 13.8 Å². The first-order valence-corrected chi connectivity index (χ1v) is 5.72. The van der Waals surface area contributed by atoms with E-state index in [1.54, 1.807) is 0 Å². The molecule has 5 heteroatoms. The molecule has 0 aromatic heterocycles. The van der Waals surface area contributed by atoms with Crippen LogP contribution < -0.4 is 11.1 Å². The highest BCUT2D eigenvalue weighted by molar-refractivity contribution is 9.10. The fourth-order valence-electron chi connectivity index (χ4n) is 1.11. The molecule has 0 saturated heterocycles. The van der Waals surface area contributed by atoms with E-state index in [0.717, 1.165) is 0 Å². The Bertz CT molecular complexity index is 396. The minimum absolute atomic E-state index is 0.0346. The van der Waals surface area contributed by atoms with Crippen molar-refractivity contribution in [3.63, 3.8) is 0 Å². The topological polar surface area (TPSA) is 55.1 Å². The van der Waals surface area contributed by atoms with E-state index in [2.05, 4.69) is 21.2 Å². The average Bonchev–Trinajstić information content (AvgIpc) is 2.22. The quantitative estimate of drug-likeness (QED) is 0.898. The summed E-state index contributed by atoms with van der Waals surface area (Å²) in [5.41, 5.74) is 6.06. The summed E-state index contributed by atoms with van der Waals surface area (Å²) in [6.45, 7) is 3.70. The number of hydrogen-bond donors (Lipinski definition) is 2. The Labute approximate surface area is 102 Å². The number of rotatable bonds is 3. The van der Waals surface area contributed by atoms with Gasteiger partial charge in [0.25, 0.3) is 0 Å². The van der Waals surface area contributed by atoms with Gasteiger partial charge < -0.3 is 11.1 Å². The molecule has 0 aliphatic heterocycles. The fraction of sp³-hybridized carbons (Fsp3) is 0.364. The number of carbonyl (C=O) groups is 1. The van der Waals surface area contributed by atoms with Crippen LogP contribution in [0.4, 0.5) is 10.1 Å². The Kier molecular flexibility index (Phi) is 4.44. The van der Waals surface area contributed by atoms with Gasteiger partial charge in [-0.2, -0.15) is 0 Å². The summed E-state index contributed by atoms with van der Waals surface area (Å²) in [6.07, 6.45) is 0. The van der Waals surface area contributed by atoms with Gasteiger partial charge in [-0.05, 0) is 40.0 Å². The molecule has 0 spiro atoms. The highest BCUT2D eigenvalue weighted by Gasteiger charge is 2.18. The second kappa shape index (κ2) is 5.41. The summed E-state index contributed by atoms with van der Waals surface area (Å²) in [7, 11) is 0. The third-order valence-corrected chi connectivity index (χ3v) is 2.90. The summed E-state index contributed by atoms with van der Waals surface area (Å²) in [6, 6.07) is 3.48. The number of benzene rings is 1. The Morgan fingerprint density at radius 3 is 2.69 bits per heavy atom. The van der Waals surface area contributed by atoms with Crippen LogP contribution in [0.5, 0.6) is 0 Å². The maximum atomic E-state index is 13.0. The third-order valence-electron chi connectivity index (χ3n) is 2.21. The van der Waals surface area contributed by atoms with E-state index in [-0.39, 0.29) is 11.8 Å². The van der Waals surface area contributed by atoms with E-state index in [4.69, 9.17) is 5.73 Å². The van der Waals surface area contributed by atoms with Crippen molar-refractivity contribution in [2.24, 2.45) is 11.7 Å². The molecule has 0 heterocycles. The molecule has 1 aromatic rings. The first-order valence-electron chi connectivity index (χ1n) is 4.93. The number of carbonyl (C=O) groups excluding carboxylic acids is 1. The molecular weight excluding hydrogens is 275 g/mol. The molecule has 1 amide bonds. The van der Waals surface area contributed by atoms with Gasteiger partial charge in [-0.3, -0.25) is 4.79 Å². The molecule has 16 heavy (non-hydrogen) atoms. The van der Waals surface area contributed by atoms with Crippen LogP contribution in [0, 0.1) is 11.7 Å². The first-order chi connectivity index (χ1) is 7.41. The molecule has 1 atom stereocenters. The van der Waals surface area contributed by atoms with Gasteiger partial charge in [-0.1, -0.05) is 13.8 Å². The van der Waals surface area contributed by atoms with Gasteiger partial charge in [0.1, 0.15) is 5.82 Å². The third kappa shape index (κ3) is 3.28. The molecule has 0 radical (unpaired) electrons. The van der Waals surface area contributed by atoms with Crippen LogP contribution in [-0.2, 0) is 4.79 Å². The van der Waals surface area contributed by atoms with Gasteiger partial charge in [0.15, 0.2) is 0 Å². The summed E-state index contributed by atoms with van der Waals surface area (Å²) in [4.78, 5) is 11.6. The summed E-state index contributed by atoms with van der Waals surface area (Å²) in [5, 5.41) is 2.58. The standard InChI is InChI=1S/C11H14BrFN2O/c1-6(2)10(14)11(16)15-9-5-7(13)3-4-8(9)12/h3-6,10H,14H2,1-2H3,(H,15,16). The van der Waals surface area contributed by atoms with Crippen LogP contribution >= 0.6 is 15.9 Å². The van der Waals surface area contributed by atoms with Crippen molar-refractivity contribution < 1.29 is 9.18 Å². The van der Waals surface area contributed by atoms with Gasteiger partial charge in [0, 0.05) is 4.47 Å². The molecule has 0 fully saturated rings. The number of anilines is 1. The lowest BCUT2D eigenvalue weighted by Crippen LogP contribution is -2.39. The van der Waals surface area contributed by atoms with Crippen molar-refractivity contribution in [1.29, 1.82) is 0 Å². The van der Waals surface area contributed by atoms with Crippen LogP contribution in [-0.4, -0.2) is 11.9 Å². The minimum Gasteiger partial charge on any atom is -0.324 e. The predicted molar refractivity (Wildman–Crippen MR) is 65.5 cm³/mol. The first kappa shape index (κ1) is 13.1. The molecule has 0 aliphatic carbocycles. The number of hydrogen-bond acceptors (Lipinski definition) is 2. The second-order valence-corrected chi connectivity index (χ2v) is 4.74. The van der Waals surface area contributed by atoms with Crippen molar-refractivity contribution in [2.45, 2.75) is 19.9 Å². The van der Waals surface area contributed by atoms with Crippen LogP contribution in [0.15, 0.2) is 22.7 Å². The van der Waals surface area contributed by atoms with Gasteiger partial charge in [0.2, 0.25) is 5.91 Å². The molecule has 1 rings (SSSR count). The SMILES string of the molecule is CC(C)C(N)C(=O)Nc1cc(F)ccc1Br. The summed E-state index contributed by atoms with van der Waals surface area (Å²) >= 11 is 3.22. The zero-order valence-corrected chi connectivity index (χ0v) is 10.7. The molecule has 0 bridgehead atoms. The van der Waals surface area contributed by atoms with Gasteiger partial charge in [0.05, 0.1) is 11.7 Å². The number of nitrogens with one attached hydrogen (secondary N) is 1. The number of nitrogens with two attached hydrogens (primary N) is 1. The maximum Gasteiger partial charge on any atom is 0.241 e. The Morgan fingerprint density at radius 1 is 1.50 bits per heavy atom. The molecule has 0 saturated carbocycles. The number of amides is 1. The average molecular weight is 289 g/mol. The van der Waals surface area contributed by atoms with Crippen molar-refractivity contribution in [3.8, 4) is 0 Å². The molecule has 1 aromatic carbocycles. The van der Waals surface area contributed by atoms with Gasteiger partial charge in [-0.25, -0.2) is 4.39 Å². The molecular formula is C11H14BrFN2O. The molecule has 3 N–H and O–H groups in total. The molecule has 0 aliphatic rings. The normalized spacial score (nSPS) is 12.6. The summed E-state index contributed by atoms with van der Waals surface area (Å²) in [5.74, 6) is -0.690. The minimum atomic E-state index is -0.602. The van der Waals surface area contributed by atoms with E-state index < -0.39 is 11.9 Å². The van der Waals surface area contributed by atoms with Crippen LogP contribution in [0.25, 0.3) is 0 Å². The lowest BCUT2D eigenvalue weighted by molar-refractivity contribution is -0.118. The van der Waals surface area contributed by atoms with E-state index in [9.17, 15) is 9.18 Å². The van der Waals surface area contributed by atoms with Crippen molar-refractivity contribution in [2.75, 3.05) is 5.32 Å². The zero-order valence-electron chi connectivity index (χ0n) is 9.13. The van der Waals surface area contributed by atoms with Crippen LogP contribution in [0.2, 0.25) is 0 Å². The zero-order chi connectivity index (χ0) is 12.3. The second-order valence-electron chi connectivity index (χ2n) is 3.88. The van der Waals surface area contributed by atoms with Crippen molar-refractivity contribution in [1.82, 2.24) is 0 Å². The maximum absolute atomic E-state index is 13.0. The highest BCUT2D eigenvalue weighted by Crippen LogP contribution is 2.23. The number of halogens is 2. The van der Waals surface area contributed by atoms with Crippen molar-refractivity contribution >= 4 is 27.5 Å². The van der Waals surface area contributed by atoms with Crippen LogP contribution in [0.3, 0.4) is 0 Å². The Morgan fingerprint density at radius 2 is 2.12 bits per heavy atom.